The summed E-state index contributed by atoms with van der Waals surface area (Å²) in [7, 11) is 0. The molecule has 0 saturated carbocycles. The standard InChI is InChI=1S/C17H24N2O3/c20-13-15(17(22)19-10-6-1-2-7-11-19)18-16(21)12-14-8-4-3-5-9-14/h3-5,8-9,15,20H,1-2,6-7,10-13H2,(H,18,21)/t15-/m0/s1. The second kappa shape index (κ2) is 8.54. The molecule has 1 aromatic rings. The monoisotopic (exact) mass is 304 g/mol. The lowest BCUT2D eigenvalue weighted by Crippen LogP contribution is -2.51. The maximum Gasteiger partial charge on any atom is 0.247 e. The number of hydrogen-bond donors (Lipinski definition) is 2. The van der Waals surface area contributed by atoms with Crippen LogP contribution in [0.5, 0.6) is 0 Å². The lowest BCUT2D eigenvalue weighted by atomic mass is 10.1. The number of amides is 2. The molecule has 1 atom stereocenters. The van der Waals surface area contributed by atoms with Crippen LogP contribution in [0.1, 0.15) is 31.2 Å². The third kappa shape index (κ3) is 4.84. The number of nitrogens with zero attached hydrogens (tertiary/aromatic N) is 1. The van der Waals surface area contributed by atoms with Crippen LogP contribution in [0.2, 0.25) is 0 Å². The van der Waals surface area contributed by atoms with Gasteiger partial charge >= 0.3 is 0 Å². The van der Waals surface area contributed by atoms with Crippen molar-refractivity contribution in [2.24, 2.45) is 0 Å². The number of aliphatic hydroxyl groups excluding tert-OH is 1. The van der Waals surface area contributed by atoms with Gasteiger partial charge in [0.2, 0.25) is 11.8 Å². The molecule has 0 aliphatic carbocycles. The van der Waals surface area contributed by atoms with Crippen LogP contribution in [0.25, 0.3) is 0 Å². The van der Waals surface area contributed by atoms with Crippen molar-refractivity contribution in [3.05, 3.63) is 35.9 Å². The van der Waals surface area contributed by atoms with E-state index < -0.39 is 6.04 Å². The van der Waals surface area contributed by atoms with Crippen molar-refractivity contribution in [1.29, 1.82) is 0 Å². The first-order valence-electron chi connectivity index (χ1n) is 7.93. The molecule has 1 aromatic carbocycles. The molecular formula is C17H24N2O3. The molecule has 0 aromatic heterocycles. The van der Waals surface area contributed by atoms with Gasteiger partial charge in [-0.3, -0.25) is 9.59 Å². The lowest BCUT2D eigenvalue weighted by molar-refractivity contribution is -0.137. The van der Waals surface area contributed by atoms with Crippen LogP contribution in [0.4, 0.5) is 0 Å². The molecule has 5 nitrogen and oxygen atoms in total. The quantitative estimate of drug-likeness (QED) is 0.856. The maximum atomic E-state index is 12.4. The van der Waals surface area contributed by atoms with E-state index in [9.17, 15) is 14.7 Å². The molecule has 0 radical (unpaired) electrons. The van der Waals surface area contributed by atoms with Crippen LogP contribution >= 0.6 is 0 Å². The first-order chi connectivity index (χ1) is 10.7. The third-order valence-corrected chi connectivity index (χ3v) is 3.94. The second-order valence-corrected chi connectivity index (χ2v) is 5.70. The van der Waals surface area contributed by atoms with Crippen molar-refractivity contribution in [2.45, 2.75) is 38.1 Å². The van der Waals surface area contributed by atoms with E-state index in [2.05, 4.69) is 5.32 Å². The Kier molecular flexibility index (Phi) is 6.40. The Morgan fingerprint density at radius 2 is 1.73 bits per heavy atom. The summed E-state index contributed by atoms with van der Waals surface area (Å²) in [6.07, 6.45) is 4.45. The van der Waals surface area contributed by atoms with E-state index in [1.807, 2.05) is 30.3 Å². The van der Waals surface area contributed by atoms with Crippen LogP contribution in [0.3, 0.4) is 0 Å². The van der Waals surface area contributed by atoms with E-state index in [-0.39, 0.29) is 24.8 Å². The summed E-state index contributed by atoms with van der Waals surface area (Å²) in [5, 5.41) is 12.1. The van der Waals surface area contributed by atoms with Crippen molar-refractivity contribution >= 4 is 11.8 Å². The highest BCUT2D eigenvalue weighted by molar-refractivity contribution is 5.88. The number of aliphatic hydroxyl groups is 1. The number of hydrogen-bond acceptors (Lipinski definition) is 3. The fourth-order valence-electron chi connectivity index (χ4n) is 2.72. The summed E-state index contributed by atoms with van der Waals surface area (Å²) in [5.74, 6) is -0.417. The summed E-state index contributed by atoms with van der Waals surface area (Å²) >= 11 is 0. The molecule has 1 fully saturated rings. The summed E-state index contributed by atoms with van der Waals surface area (Å²) in [5.41, 5.74) is 0.888. The second-order valence-electron chi connectivity index (χ2n) is 5.70. The normalized spacial score (nSPS) is 16.7. The van der Waals surface area contributed by atoms with Gasteiger partial charge in [-0.2, -0.15) is 0 Å². The molecule has 0 spiro atoms. The zero-order valence-electron chi connectivity index (χ0n) is 12.8. The molecule has 1 aliphatic rings. The zero-order chi connectivity index (χ0) is 15.8. The van der Waals surface area contributed by atoms with Gasteiger partial charge in [0, 0.05) is 13.1 Å². The Bertz CT molecular complexity index is 482. The summed E-state index contributed by atoms with van der Waals surface area (Å²) in [4.78, 5) is 26.2. The maximum absolute atomic E-state index is 12.4. The molecule has 1 heterocycles. The highest BCUT2D eigenvalue weighted by Crippen LogP contribution is 2.11. The average molecular weight is 304 g/mol. The van der Waals surface area contributed by atoms with E-state index in [1.165, 1.54) is 0 Å². The van der Waals surface area contributed by atoms with Crippen molar-refractivity contribution < 1.29 is 14.7 Å². The minimum Gasteiger partial charge on any atom is -0.394 e. The Morgan fingerprint density at radius 3 is 2.32 bits per heavy atom. The number of likely N-dealkylation sites (tertiary alicyclic amines) is 1. The van der Waals surface area contributed by atoms with E-state index in [0.717, 1.165) is 31.2 Å². The van der Waals surface area contributed by atoms with E-state index in [1.54, 1.807) is 4.90 Å². The largest absolute Gasteiger partial charge is 0.394 e. The molecule has 2 amide bonds. The first-order valence-corrected chi connectivity index (χ1v) is 7.93. The number of rotatable bonds is 5. The smallest absolute Gasteiger partial charge is 0.247 e. The predicted molar refractivity (Wildman–Crippen MR) is 84.2 cm³/mol. The van der Waals surface area contributed by atoms with Crippen LogP contribution in [-0.4, -0.2) is 47.6 Å². The van der Waals surface area contributed by atoms with Crippen molar-refractivity contribution in [1.82, 2.24) is 10.2 Å². The van der Waals surface area contributed by atoms with Gasteiger partial charge in [0.1, 0.15) is 6.04 Å². The van der Waals surface area contributed by atoms with Gasteiger partial charge in [-0.05, 0) is 18.4 Å². The van der Waals surface area contributed by atoms with Crippen molar-refractivity contribution in [2.75, 3.05) is 19.7 Å². The Labute approximate surface area is 131 Å². The van der Waals surface area contributed by atoms with Gasteiger partial charge in [0.05, 0.1) is 13.0 Å². The molecule has 0 unspecified atom stereocenters. The van der Waals surface area contributed by atoms with Crippen LogP contribution in [0, 0.1) is 0 Å². The summed E-state index contributed by atoms with van der Waals surface area (Å²) in [6.45, 7) is 1.06. The van der Waals surface area contributed by atoms with Gasteiger partial charge < -0.3 is 15.3 Å². The lowest BCUT2D eigenvalue weighted by Gasteiger charge is -2.25. The zero-order valence-corrected chi connectivity index (χ0v) is 12.8. The topological polar surface area (TPSA) is 69.6 Å². The molecule has 5 heteroatoms. The first kappa shape index (κ1) is 16.5. The average Bonchev–Trinajstić information content (AvgIpc) is 2.82. The summed E-state index contributed by atoms with van der Waals surface area (Å²) < 4.78 is 0. The highest BCUT2D eigenvalue weighted by atomic mass is 16.3. The van der Waals surface area contributed by atoms with Gasteiger partial charge in [0.25, 0.3) is 0 Å². The van der Waals surface area contributed by atoms with Crippen LogP contribution < -0.4 is 5.32 Å². The number of carbonyl (C=O) groups is 2. The van der Waals surface area contributed by atoms with Crippen molar-refractivity contribution in [3.8, 4) is 0 Å². The Morgan fingerprint density at radius 1 is 1.09 bits per heavy atom. The van der Waals surface area contributed by atoms with Crippen LogP contribution in [0.15, 0.2) is 30.3 Å². The minimum absolute atomic E-state index is 0.175. The molecule has 2 N–H and O–H groups in total. The van der Waals surface area contributed by atoms with Crippen molar-refractivity contribution in [3.63, 3.8) is 0 Å². The molecular weight excluding hydrogens is 280 g/mol. The molecule has 2 rings (SSSR count). The highest BCUT2D eigenvalue weighted by Gasteiger charge is 2.25. The summed E-state index contributed by atoms with van der Waals surface area (Å²) in [6, 6.07) is 8.52. The Balaban J connectivity index is 1.90. The Hall–Kier alpha value is -1.88. The van der Waals surface area contributed by atoms with E-state index in [4.69, 9.17) is 0 Å². The molecule has 1 aliphatic heterocycles. The van der Waals surface area contributed by atoms with E-state index in [0.29, 0.717) is 13.1 Å². The molecule has 1 saturated heterocycles. The van der Waals surface area contributed by atoms with Gasteiger partial charge in [-0.15, -0.1) is 0 Å². The SMILES string of the molecule is O=C(Cc1ccccc1)N[C@@H](CO)C(=O)N1CCCCCC1. The van der Waals surface area contributed by atoms with Gasteiger partial charge in [0.15, 0.2) is 0 Å². The van der Waals surface area contributed by atoms with E-state index >= 15 is 0 Å². The third-order valence-electron chi connectivity index (χ3n) is 3.94. The van der Waals surface area contributed by atoms with Gasteiger partial charge in [-0.1, -0.05) is 43.2 Å². The molecule has 22 heavy (non-hydrogen) atoms. The number of nitrogens with one attached hydrogen (secondary N) is 1. The molecule has 0 bridgehead atoms. The minimum atomic E-state index is -0.839. The fraction of sp³-hybridized carbons (Fsp3) is 0.529. The number of carbonyl (C=O) groups excluding carboxylic acids is 2. The number of benzene rings is 1. The van der Waals surface area contributed by atoms with Gasteiger partial charge in [-0.25, -0.2) is 0 Å². The predicted octanol–water partition coefficient (Wildman–Crippen LogP) is 1.11. The fourth-order valence-corrected chi connectivity index (χ4v) is 2.72. The van der Waals surface area contributed by atoms with Crippen LogP contribution in [-0.2, 0) is 16.0 Å². The molecule has 120 valence electrons.